The van der Waals surface area contributed by atoms with E-state index in [1.165, 1.54) is 0 Å². The number of hydrogen-bond acceptors (Lipinski definition) is 2. The van der Waals surface area contributed by atoms with Crippen molar-refractivity contribution in [2.45, 2.75) is 32.8 Å². The standard InChI is InChI=1S/C15H18F2N2O/c1-15(2,3)12-7-5-6-11(13(12)20-14(16)17)10-8-18-19(4)9-10/h5-9,14H,1-4H3. The molecule has 2 aromatic rings. The van der Waals surface area contributed by atoms with Gasteiger partial charge in [-0.25, -0.2) is 0 Å². The number of rotatable bonds is 3. The van der Waals surface area contributed by atoms with E-state index in [4.69, 9.17) is 4.74 Å². The van der Waals surface area contributed by atoms with Crippen LogP contribution in [-0.4, -0.2) is 16.4 Å². The molecule has 0 fully saturated rings. The van der Waals surface area contributed by atoms with Gasteiger partial charge in [0.1, 0.15) is 5.75 Å². The van der Waals surface area contributed by atoms with Crippen LogP contribution in [0.25, 0.3) is 11.1 Å². The van der Waals surface area contributed by atoms with Crippen LogP contribution < -0.4 is 4.74 Å². The van der Waals surface area contributed by atoms with E-state index in [9.17, 15) is 8.78 Å². The summed E-state index contributed by atoms with van der Waals surface area (Å²) in [6, 6.07) is 5.43. The fraction of sp³-hybridized carbons (Fsp3) is 0.400. The van der Waals surface area contributed by atoms with Crippen molar-refractivity contribution in [1.29, 1.82) is 0 Å². The first-order valence-electron chi connectivity index (χ1n) is 6.36. The largest absolute Gasteiger partial charge is 0.434 e. The molecular weight excluding hydrogens is 262 g/mol. The highest BCUT2D eigenvalue weighted by atomic mass is 19.3. The minimum atomic E-state index is -2.85. The van der Waals surface area contributed by atoms with E-state index in [-0.39, 0.29) is 11.2 Å². The lowest BCUT2D eigenvalue weighted by Gasteiger charge is -2.24. The Balaban J connectivity index is 2.62. The van der Waals surface area contributed by atoms with Gasteiger partial charge in [0.25, 0.3) is 0 Å². The zero-order chi connectivity index (χ0) is 14.9. The molecule has 5 heteroatoms. The third-order valence-electron chi connectivity index (χ3n) is 3.05. The van der Waals surface area contributed by atoms with Crippen LogP contribution in [0.5, 0.6) is 5.75 Å². The Morgan fingerprint density at radius 1 is 1.25 bits per heavy atom. The molecule has 1 aromatic carbocycles. The molecule has 0 aliphatic carbocycles. The number of hydrogen-bond donors (Lipinski definition) is 0. The van der Waals surface area contributed by atoms with E-state index in [0.717, 1.165) is 11.1 Å². The van der Waals surface area contributed by atoms with Crippen molar-refractivity contribution in [3.63, 3.8) is 0 Å². The average Bonchev–Trinajstić information content (AvgIpc) is 2.73. The Hall–Kier alpha value is -1.91. The summed E-state index contributed by atoms with van der Waals surface area (Å²) in [5, 5.41) is 4.08. The second-order valence-electron chi connectivity index (χ2n) is 5.71. The number of nitrogens with zero attached hydrogens (tertiary/aromatic N) is 2. The summed E-state index contributed by atoms with van der Waals surface area (Å²) >= 11 is 0. The van der Waals surface area contributed by atoms with Crippen LogP contribution in [0.4, 0.5) is 8.78 Å². The average molecular weight is 280 g/mol. The molecule has 0 unspecified atom stereocenters. The quantitative estimate of drug-likeness (QED) is 0.850. The second-order valence-corrected chi connectivity index (χ2v) is 5.71. The maximum absolute atomic E-state index is 12.7. The third-order valence-corrected chi connectivity index (χ3v) is 3.05. The number of aromatic nitrogens is 2. The minimum absolute atomic E-state index is 0.225. The first kappa shape index (κ1) is 14.5. The zero-order valence-electron chi connectivity index (χ0n) is 12.0. The molecule has 0 N–H and O–H groups in total. The Bertz CT molecular complexity index is 600. The van der Waals surface area contributed by atoms with Crippen LogP contribution in [0.15, 0.2) is 30.6 Å². The number of benzene rings is 1. The molecule has 20 heavy (non-hydrogen) atoms. The number of halogens is 2. The van der Waals surface area contributed by atoms with E-state index in [1.54, 1.807) is 30.2 Å². The van der Waals surface area contributed by atoms with Gasteiger partial charge in [-0.15, -0.1) is 0 Å². The number of ether oxygens (including phenoxy) is 1. The molecule has 3 nitrogen and oxygen atoms in total. The molecule has 1 aromatic heterocycles. The van der Waals surface area contributed by atoms with Crippen molar-refractivity contribution < 1.29 is 13.5 Å². The Kier molecular flexibility index (Phi) is 3.79. The molecule has 1 heterocycles. The number of alkyl halides is 2. The molecule has 0 aliphatic rings. The molecule has 108 valence electrons. The lowest BCUT2D eigenvalue weighted by Crippen LogP contribution is -2.15. The molecule has 0 spiro atoms. The summed E-state index contributed by atoms with van der Waals surface area (Å²) in [6.07, 6.45) is 3.42. The maximum Gasteiger partial charge on any atom is 0.387 e. The van der Waals surface area contributed by atoms with Gasteiger partial charge in [-0.2, -0.15) is 13.9 Å². The van der Waals surface area contributed by atoms with Crippen LogP contribution >= 0.6 is 0 Å². The summed E-state index contributed by atoms with van der Waals surface area (Å²) in [5.74, 6) is 0.225. The van der Waals surface area contributed by atoms with Crippen LogP contribution in [-0.2, 0) is 12.5 Å². The van der Waals surface area contributed by atoms with Crippen molar-refractivity contribution in [3.05, 3.63) is 36.2 Å². The Labute approximate surface area is 117 Å². The first-order valence-corrected chi connectivity index (χ1v) is 6.36. The van der Waals surface area contributed by atoms with Gasteiger partial charge in [-0.05, 0) is 5.41 Å². The van der Waals surface area contributed by atoms with Crippen molar-refractivity contribution >= 4 is 0 Å². The van der Waals surface area contributed by atoms with Crippen LogP contribution in [0.3, 0.4) is 0 Å². The van der Waals surface area contributed by atoms with Gasteiger partial charge in [0.2, 0.25) is 0 Å². The molecule has 0 bridgehead atoms. The third kappa shape index (κ3) is 2.98. The van der Waals surface area contributed by atoms with Crippen molar-refractivity contribution in [1.82, 2.24) is 9.78 Å². The van der Waals surface area contributed by atoms with Crippen molar-refractivity contribution in [2.24, 2.45) is 7.05 Å². The van der Waals surface area contributed by atoms with Gasteiger partial charge in [-0.3, -0.25) is 4.68 Å². The smallest absolute Gasteiger partial charge is 0.387 e. The summed E-state index contributed by atoms with van der Waals surface area (Å²) in [5.41, 5.74) is 1.85. The normalized spacial score (nSPS) is 11.9. The van der Waals surface area contributed by atoms with E-state index < -0.39 is 6.61 Å². The summed E-state index contributed by atoms with van der Waals surface area (Å²) < 4.78 is 31.9. The van der Waals surface area contributed by atoms with Gasteiger partial charge >= 0.3 is 6.61 Å². The summed E-state index contributed by atoms with van der Waals surface area (Å²) in [7, 11) is 1.78. The molecule has 0 aliphatic heterocycles. The van der Waals surface area contributed by atoms with Crippen LogP contribution in [0, 0.1) is 0 Å². The zero-order valence-corrected chi connectivity index (χ0v) is 12.0. The van der Waals surface area contributed by atoms with Gasteiger partial charge in [-0.1, -0.05) is 39.0 Å². The summed E-state index contributed by atoms with van der Waals surface area (Å²) in [4.78, 5) is 0. The SMILES string of the molecule is Cn1cc(-c2cccc(C(C)(C)C)c2OC(F)F)cn1. The first-order chi connectivity index (χ1) is 9.29. The molecule has 0 radical (unpaired) electrons. The van der Waals surface area contributed by atoms with Gasteiger partial charge in [0.15, 0.2) is 0 Å². The van der Waals surface area contributed by atoms with Gasteiger partial charge in [0.05, 0.1) is 6.20 Å². The highest BCUT2D eigenvalue weighted by Gasteiger charge is 2.24. The van der Waals surface area contributed by atoms with Crippen LogP contribution in [0.2, 0.25) is 0 Å². The van der Waals surface area contributed by atoms with Gasteiger partial charge < -0.3 is 4.74 Å². The van der Waals surface area contributed by atoms with Crippen molar-refractivity contribution in [2.75, 3.05) is 0 Å². The summed E-state index contributed by atoms with van der Waals surface area (Å²) in [6.45, 7) is 3.05. The minimum Gasteiger partial charge on any atom is -0.434 e. The van der Waals surface area contributed by atoms with Crippen LogP contribution in [0.1, 0.15) is 26.3 Å². The lowest BCUT2D eigenvalue weighted by molar-refractivity contribution is -0.0504. The molecular formula is C15H18F2N2O. The monoisotopic (exact) mass is 280 g/mol. The maximum atomic E-state index is 12.7. The van der Waals surface area contributed by atoms with Crippen molar-refractivity contribution in [3.8, 4) is 16.9 Å². The van der Waals surface area contributed by atoms with E-state index in [1.807, 2.05) is 32.9 Å². The number of para-hydroxylation sites is 1. The highest BCUT2D eigenvalue weighted by Crippen LogP contribution is 2.39. The molecule has 0 saturated carbocycles. The molecule has 2 rings (SSSR count). The van der Waals surface area contributed by atoms with E-state index >= 15 is 0 Å². The fourth-order valence-electron chi connectivity index (χ4n) is 2.13. The number of aryl methyl sites for hydroxylation is 1. The Morgan fingerprint density at radius 2 is 1.95 bits per heavy atom. The topological polar surface area (TPSA) is 27.1 Å². The van der Waals surface area contributed by atoms with Gasteiger partial charge in [0, 0.05) is 29.9 Å². The Morgan fingerprint density at radius 3 is 2.45 bits per heavy atom. The predicted octanol–water partition coefficient (Wildman–Crippen LogP) is 3.99. The molecule has 0 atom stereocenters. The van der Waals surface area contributed by atoms with E-state index in [2.05, 4.69) is 5.10 Å². The fourth-order valence-corrected chi connectivity index (χ4v) is 2.13. The highest BCUT2D eigenvalue weighted by molar-refractivity contribution is 5.72. The molecule has 0 amide bonds. The lowest BCUT2D eigenvalue weighted by atomic mass is 9.84. The predicted molar refractivity (Wildman–Crippen MR) is 74.0 cm³/mol. The second kappa shape index (κ2) is 5.23. The molecule has 0 saturated heterocycles. The van der Waals surface area contributed by atoms with E-state index in [0.29, 0.717) is 5.56 Å².